The van der Waals surface area contributed by atoms with E-state index >= 15 is 0 Å². The number of terminal acetylenes is 1. The Kier molecular flexibility index (Phi) is 7.70. The molecule has 0 bridgehead atoms. The van der Waals surface area contributed by atoms with Crippen molar-refractivity contribution in [2.75, 3.05) is 13.2 Å². The largest absolute Gasteiger partial charge is 0.465 e. The molecule has 1 aromatic carbocycles. The van der Waals surface area contributed by atoms with E-state index in [4.69, 9.17) is 15.9 Å². The van der Waals surface area contributed by atoms with Gasteiger partial charge in [-0.3, -0.25) is 14.4 Å². The second-order valence-electron chi connectivity index (χ2n) is 5.19. The Balaban J connectivity index is 3.03. The summed E-state index contributed by atoms with van der Waals surface area (Å²) in [6, 6.07) is 8.66. The molecule has 5 nitrogen and oxygen atoms in total. The highest BCUT2D eigenvalue weighted by atomic mass is 16.6. The number of carbonyl (C=O) groups is 3. The van der Waals surface area contributed by atoms with Gasteiger partial charge in [-0.2, -0.15) is 0 Å². The van der Waals surface area contributed by atoms with Crippen molar-refractivity contribution in [3.8, 4) is 12.3 Å². The van der Waals surface area contributed by atoms with Crippen molar-refractivity contribution in [2.24, 2.45) is 5.41 Å². The van der Waals surface area contributed by atoms with Crippen molar-refractivity contribution in [3.63, 3.8) is 0 Å². The molecule has 1 rings (SSSR count). The van der Waals surface area contributed by atoms with Crippen LogP contribution in [0.4, 0.5) is 0 Å². The SMILES string of the molecule is C#CCC(CCC(=O)c1ccccc1)(C(=O)OCC)C(=O)OCC. The number of benzene rings is 1. The molecule has 0 radical (unpaired) electrons. The monoisotopic (exact) mass is 330 g/mol. The van der Waals surface area contributed by atoms with Crippen molar-refractivity contribution in [1.29, 1.82) is 0 Å². The van der Waals surface area contributed by atoms with Crippen LogP contribution in [0, 0.1) is 17.8 Å². The third-order valence-corrected chi connectivity index (χ3v) is 3.61. The van der Waals surface area contributed by atoms with Crippen LogP contribution < -0.4 is 0 Å². The van der Waals surface area contributed by atoms with Gasteiger partial charge in [0.1, 0.15) is 0 Å². The van der Waals surface area contributed by atoms with E-state index in [2.05, 4.69) is 5.92 Å². The molecule has 0 aromatic heterocycles. The molecule has 0 aliphatic heterocycles. The number of hydrogen-bond donors (Lipinski definition) is 0. The maximum atomic E-state index is 12.4. The number of ketones is 1. The van der Waals surface area contributed by atoms with E-state index in [1.54, 1.807) is 44.2 Å². The molecule has 24 heavy (non-hydrogen) atoms. The van der Waals surface area contributed by atoms with Gasteiger partial charge in [-0.25, -0.2) is 0 Å². The minimum Gasteiger partial charge on any atom is -0.465 e. The maximum absolute atomic E-state index is 12.4. The average molecular weight is 330 g/mol. The Morgan fingerprint density at radius 3 is 2.04 bits per heavy atom. The van der Waals surface area contributed by atoms with E-state index in [1.807, 2.05) is 0 Å². The fourth-order valence-electron chi connectivity index (χ4n) is 2.33. The minimum absolute atomic E-state index is 0.0106. The van der Waals surface area contributed by atoms with Crippen LogP contribution in [0.5, 0.6) is 0 Å². The number of Topliss-reactive ketones (excluding diaryl/α,β-unsaturated/α-hetero) is 1. The van der Waals surface area contributed by atoms with E-state index in [-0.39, 0.29) is 38.3 Å². The van der Waals surface area contributed by atoms with Crippen LogP contribution in [0.25, 0.3) is 0 Å². The van der Waals surface area contributed by atoms with Crippen molar-refractivity contribution in [2.45, 2.75) is 33.1 Å². The van der Waals surface area contributed by atoms with Gasteiger partial charge in [0.05, 0.1) is 13.2 Å². The minimum atomic E-state index is -1.65. The Bertz CT molecular complexity index is 594. The van der Waals surface area contributed by atoms with Crippen molar-refractivity contribution in [1.82, 2.24) is 0 Å². The van der Waals surface area contributed by atoms with Gasteiger partial charge in [-0.05, 0) is 20.3 Å². The molecule has 0 spiro atoms. The van der Waals surface area contributed by atoms with Crippen molar-refractivity contribution < 1.29 is 23.9 Å². The fraction of sp³-hybridized carbons (Fsp3) is 0.421. The van der Waals surface area contributed by atoms with Gasteiger partial charge in [0, 0.05) is 18.4 Å². The molecular weight excluding hydrogens is 308 g/mol. The van der Waals surface area contributed by atoms with E-state index < -0.39 is 17.4 Å². The van der Waals surface area contributed by atoms with Crippen LogP contribution in [0.1, 0.15) is 43.5 Å². The quantitative estimate of drug-likeness (QED) is 0.301. The first-order valence-corrected chi connectivity index (χ1v) is 7.88. The molecule has 0 aliphatic rings. The smallest absolute Gasteiger partial charge is 0.324 e. The zero-order chi connectivity index (χ0) is 18.0. The van der Waals surface area contributed by atoms with Crippen LogP contribution >= 0.6 is 0 Å². The number of carbonyl (C=O) groups excluding carboxylic acids is 3. The van der Waals surface area contributed by atoms with Gasteiger partial charge in [-0.1, -0.05) is 30.3 Å². The average Bonchev–Trinajstić information content (AvgIpc) is 2.59. The highest BCUT2D eigenvalue weighted by molar-refractivity contribution is 6.02. The summed E-state index contributed by atoms with van der Waals surface area (Å²) in [6.45, 7) is 3.49. The van der Waals surface area contributed by atoms with Gasteiger partial charge >= 0.3 is 11.9 Å². The highest BCUT2D eigenvalue weighted by Gasteiger charge is 2.48. The van der Waals surface area contributed by atoms with Crippen molar-refractivity contribution >= 4 is 17.7 Å². The molecular formula is C19H22O5. The summed E-state index contributed by atoms with van der Waals surface area (Å²) in [4.78, 5) is 37.1. The number of esters is 2. The number of hydrogen-bond acceptors (Lipinski definition) is 5. The lowest BCUT2D eigenvalue weighted by atomic mass is 9.79. The highest BCUT2D eigenvalue weighted by Crippen LogP contribution is 2.32. The van der Waals surface area contributed by atoms with Gasteiger partial charge in [0.2, 0.25) is 0 Å². The summed E-state index contributed by atoms with van der Waals surface area (Å²) in [6.07, 6.45) is 5.11. The van der Waals surface area contributed by atoms with Gasteiger partial charge in [0.15, 0.2) is 11.2 Å². The Morgan fingerprint density at radius 1 is 1.04 bits per heavy atom. The van der Waals surface area contributed by atoms with Crippen LogP contribution in [0.3, 0.4) is 0 Å². The Labute approximate surface area is 142 Å². The molecule has 1 aromatic rings. The molecule has 0 aliphatic carbocycles. The first kappa shape index (κ1) is 19.4. The molecule has 0 unspecified atom stereocenters. The molecule has 0 saturated heterocycles. The van der Waals surface area contributed by atoms with Crippen LogP contribution in [-0.2, 0) is 19.1 Å². The molecule has 0 heterocycles. The van der Waals surface area contributed by atoms with E-state index in [9.17, 15) is 14.4 Å². The topological polar surface area (TPSA) is 69.7 Å². The lowest BCUT2D eigenvalue weighted by Crippen LogP contribution is -2.42. The summed E-state index contributed by atoms with van der Waals surface area (Å²) in [5, 5.41) is 0. The third-order valence-electron chi connectivity index (χ3n) is 3.61. The normalized spacial score (nSPS) is 10.5. The molecule has 5 heteroatoms. The summed E-state index contributed by atoms with van der Waals surface area (Å²) >= 11 is 0. The first-order chi connectivity index (χ1) is 11.5. The number of ether oxygens (including phenoxy) is 2. The van der Waals surface area contributed by atoms with Gasteiger partial charge < -0.3 is 9.47 Å². The maximum Gasteiger partial charge on any atom is 0.324 e. The summed E-state index contributed by atoms with van der Waals surface area (Å²) in [7, 11) is 0. The summed E-state index contributed by atoms with van der Waals surface area (Å²) in [5.41, 5.74) is -1.13. The first-order valence-electron chi connectivity index (χ1n) is 7.88. The molecule has 0 fully saturated rings. The molecule has 128 valence electrons. The van der Waals surface area contributed by atoms with Crippen molar-refractivity contribution in [3.05, 3.63) is 35.9 Å². The Hall–Kier alpha value is -2.61. The lowest BCUT2D eigenvalue weighted by Gasteiger charge is -2.27. The van der Waals surface area contributed by atoms with Crippen LogP contribution in [0.15, 0.2) is 30.3 Å². The van der Waals surface area contributed by atoms with Crippen LogP contribution in [-0.4, -0.2) is 30.9 Å². The lowest BCUT2D eigenvalue weighted by molar-refractivity contribution is -0.172. The third kappa shape index (κ3) is 4.69. The zero-order valence-electron chi connectivity index (χ0n) is 14.0. The standard InChI is InChI=1S/C19H22O5/c1-4-13-19(17(21)23-5-2,18(22)24-6-3)14-12-16(20)15-10-8-7-9-11-15/h1,7-11H,5-6,12-14H2,2-3H3. The van der Waals surface area contributed by atoms with E-state index in [1.165, 1.54) is 0 Å². The molecule has 0 atom stereocenters. The molecule has 0 amide bonds. The zero-order valence-corrected chi connectivity index (χ0v) is 14.0. The number of rotatable bonds is 9. The van der Waals surface area contributed by atoms with E-state index in [0.717, 1.165) is 0 Å². The molecule has 0 saturated carbocycles. The van der Waals surface area contributed by atoms with Gasteiger partial charge in [-0.15, -0.1) is 12.3 Å². The summed E-state index contributed by atoms with van der Waals surface area (Å²) in [5.74, 6) is 0.667. The second kappa shape index (κ2) is 9.51. The predicted octanol–water partition coefficient (Wildman–Crippen LogP) is 2.79. The Morgan fingerprint density at radius 2 is 1.58 bits per heavy atom. The second-order valence-corrected chi connectivity index (χ2v) is 5.19. The fourth-order valence-corrected chi connectivity index (χ4v) is 2.33. The summed E-state index contributed by atoms with van der Waals surface area (Å²) < 4.78 is 10.0. The van der Waals surface area contributed by atoms with E-state index in [0.29, 0.717) is 5.56 Å². The molecule has 0 N–H and O–H groups in total. The predicted molar refractivity (Wildman–Crippen MR) is 89.2 cm³/mol. The van der Waals surface area contributed by atoms with Gasteiger partial charge in [0.25, 0.3) is 0 Å². The van der Waals surface area contributed by atoms with Crippen LogP contribution in [0.2, 0.25) is 0 Å².